The lowest BCUT2D eigenvalue weighted by molar-refractivity contribution is 0.882. The highest BCUT2D eigenvalue weighted by molar-refractivity contribution is 5.83. The summed E-state index contributed by atoms with van der Waals surface area (Å²) < 4.78 is 1.87. The van der Waals surface area contributed by atoms with Crippen molar-refractivity contribution in [1.82, 2.24) is 25.0 Å². The van der Waals surface area contributed by atoms with Gasteiger partial charge in [-0.1, -0.05) is 6.07 Å². The van der Waals surface area contributed by atoms with Crippen LogP contribution in [-0.4, -0.2) is 25.0 Å². The fourth-order valence-electron chi connectivity index (χ4n) is 3.12. The maximum atomic E-state index is 4.47. The third kappa shape index (κ3) is 2.44. The van der Waals surface area contributed by atoms with E-state index >= 15 is 0 Å². The first kappa shape index (κ1) is 13.9. The van der Waals surface area contributed by atoms with Crippen LogP contribution in [0.2, 0.25) is 0 Å². The number of hydrogen-bond donors (Lipinski definition) is 3. The van der Waals surface area contributed by atoms with Crippen LogP contribution >= 0.6 is 0 Å². The first-order chi connectivity index (χ1) is 12.2. The number of hydrogen-bond acceptors (Lipinski definition) is 3. The lowest BCUT2D eigenvalue weighted by Gasteiger charge is -2.04. The van der Waals surface area contributed by atoms with Gasteiger partial charge in [0.1, 0.15) is 0 Å². The molecule has 3 aromatic heterocycles. The Morgan fingerprint density at radius 1 is 0.920 bits per heavy atom. The van der Waals surface area contributed by atoms with Gasteiger partial charge in [-0.25, -0.2) is 4.68 Å². The minimum Gasteiger partial charge on any atom is -0.359 e. The molecule has 0 saturated carbocycles. The first-order valence-electron chi connectivity index (χ1n) is 8.09. The summed E-state index contributed by atoms with van der Waals surface area (Å²) in [7, 11) is 0. The van der Waals surface area contributed by atoms with Gasteiger partial charge in [0.15, 0.2) is 0 Å². The molecule has 0 atom stereocenters. The molecular weight excluding hydrogens is 312 g/mol. The average molecular weight is 328 g/mol. The van der Waals surface area contributed by atoms with E-state index in [1.807, 2.05) is 35.4 Å². The first-order valence-corrected chi connectivity index (χ1v) is 8.09. The maximum absolute atomic E-state index is 4.47. The van der Waals surface area contributed by atoms with E-state index in [-0.39, 0.29) is 0 Å². The Bertz CT molecular complexity index is 1190. The minimum atomic E-state index is 0.936. The van der Waals surface area contributed by atoms with E-state index < -0.39 is 0 Å². The summed E-state index contributed by atoms with van der Waals surface area (Å²) in [6, 6.07) is 14.5. The van der Waals surface area contributed by atoms with Crippen LogP contribution in [0.4, 0.5) is 11.4 Å². The van der Waals surface area contributed by atoms with E-state index in [9.17, 15) is 0 Å². The Balaban J connectivity index is 1.45. The normalized spacial score (nSPS) is 11.4. The number of nitrogens with one attached hydrogen (secondary N) is 3. The van der Waals surface area contributed by atoms with Crippen molar-refractivity contribution in [2.75, 3.05) is 5.32 Å². The van der Waals surface area contributed by atoms with Gasteiger partial charge in [-0.2, -0.15) is 10.2 Å². The molecule has 5 aromatic rings. The second kappa shape index (κ2) is 5.24. The van der Waals surface area contributed by atoms with Crippen molar-refractivity contribution in [1.29, 1.82) is 0 Å². The van der Waals surface area contributed by atoms with Gasteiger partial charge in [0.25, 0.3) is 0 Å². The quantitative estimate of drug-likeness (QED) is 0.463. The zero-order chi connectivity index (χ0) is 16.8. The van der Waals surface area contributed by atoms with Gasteiger partial charge in [-0.15, -0.1) is 0 Å². The van der Waals surface area contributed by atoms with Gasteiger partial charge in [0.05, 0.1) is 35.5 Å². The monoisotopic (exact) mass is 328 g/mol. The molecule has 0 spiro atoms. The molecule has 0 unspecified atom stereocenters. The molecule has 122 valence electrons. The highest BCUT2D eigenvalue weighted by atomic mass is 15.3. The zero-order valence-corrected chi connectivity index (χ0v) is 13.6. The van der Waals surface area contributed by atoms with E-state index in [4.69, 9.17) is 0 Å². The SMILES string of the molecule is Cc1cc2ccc(-n3cc(Nc4ccc5[nH]ncc5c4)cn3)cc2[nH]1. The predicted octanol–water partition coefficient (Wildman–Crippen LogP) is 4.28. The molecule has 0 aliphatic rings. The zero-order valence-electron chi connectivity index (χ0n) is 13.6. The number of aromatic amines is 2. The van der Waals surface area contributed by atoms with Crippen LogP contribution in [0, 0.1) is 6.92 Å². The van der Waals surface area contributed by atoms with E-state index in [1.165, 1.54) is 5.39 Å². The molecule has 6 nitrogen and oxygen atoms in total. The highest BCUT2D eigenvalue weighted by Crippen LogP contribution is 2.23. The van der Waals surface area contributed by atoms with Crippen LogP contribution < -0.4 is 5.32 Å². The van der Waals surface area contributed by atoms with Crippen LogP contribution in [0.3, 0.4) is 0 Å². The number of anilines is 2. The Hall–Kier alpha value is -3.54. The van der Waals surface area contributed by atoms with Crippen molar-refractivity contribution >= 4 is 33.2 Å². The Morgan fingerprint density at radius 3 is 2.84 bits per heavy atom. The highest BCUT2D eigenvalue weighted by Gasteiger charge is 2.05. The van der Waals surface area contributed by atoms with Crippen LogP contribution in [0.1, 0.15) is 5.69 Å². The Morgan fingerprint density at radius 2 is 1.88 bits per heavy atom. The summed E-state index contributed by atoms with van der Waals surface area (Å²) in [5.74, 6) is 0. The van der Waals surface area contributed by atoms with Gasteiger partial charge in [0, 0.05) is 22.3 Å². The molecule has 6 heteroatoms. The molecule has 3 heterocycles. The number of benzene rings is 2. The van der Waals surface area contributed by atoms with Crippen LogP contribution in [0.5, 0.6) is 0 Å². The predicted molar refractivity (Wildman–Crippen MR) is 99.5 cm³/mol. The third-order valence-corrected chi connectivity index (χ3v) is 4.32. The van der Waals surface area contributed by atoms with Gasteiger partial charge < -0.3 is 10.3 Å². The fraction of sp³-hybridized carbons (Fsp3) is 0.0526. The summed E-state index contributed by atoms with van der Waals surface area (Å²) in [6.07, 6.45) is 5.62. The smallest absolute Gasteiger partial charge is 0.0775 e. The summed E-state index contributed by atoms with van der Waals surface area (Å²) in [4.78, 5) is 3.36. The molecule has 0 radical (unpaired) electrons. The molecule has 0 aliphatic heterocycles. The van der Waals surface area contributed by atoms with Crippen molar-refractivity contribution in [2.45, 2.75) is 6.92 Å². The lowest BCUT2D eigenvalue weighted by Crippen LogP contribution is -1.93. The molecule has 0 fully saturated rings. The molecule has 2 aromatic carbocycles. The molecule has 0 saturated heterocycles. The van der Waals surface area contributed by atoms with Gasteiger partial charge in [-0.3, -0.25) is 5.10 Å². The van der Waals surface area contributed by atoms with E-state index in [2.05, 4.69) is 62.9 Å². The van der Waals surface area contributed by atoms with Crippen LogP contribution in [0.25, 0.3) is 27.5 Å². The van der Waals surface area contributed by atoms with Crippen molar-refractivity contribution in [2.24, 2.45) is 0 Å². The second-order valence-corrected chi connectivity index (χ2v) is 6.19. The third-order valence-electron chi connectivity index (χ3n) is 4.32. The molecule has 3 N–H and O–H groups in total. The number of rotatable bonds is 3. The van der Waals surface area contributed by atoms with Crippen LogP contribution in [0.15, 0.2) is 61.1 Å². The summed E-state index contributed by atoms with van der Waals surface area (Å²) in [6.45, 7) is 2.06. The van der Waals surface area contributed by atoms with E-state index in [0.717, 1.165) is 39.2 Å². The second-order valence-electron chi connectivity index (χ2n) is 6.19. The van der Waals surface area contributed by atoms with Crippen LogP contribution in [-0.2, 0) is 0 Å². The van der Waals surface area contributed by atoms with Gasteiger partial charge in [0.2, 0.25) is 0 Å². The maximum Gasteiger partial charge on any atom is 0.0775 e. The summed E-state index contributed by atoms with van der Waals surface area (Å²) >= 11 is 0. The van der Waals surface area contributed by atoms with E-state index in [0.29, 0.717) is 0 Å². The average Bonchev–Trinajstić information content (AvgIpc) is 3.32. The number of nitrogens with zero attached hydrogens (tertiary/aromatic N) is 3. The number of aromatic nitrogens is 5. The number of H-pyrrole nitrogens is 2. The van der Waals surface area contributed by atoms with E-state index in [1.54, 1.807) is 0 Å². The molecule has 0 bridgehead atoms. The largest absolute Gasteiger partial charge is 0.359 e. The van der Waals surface area contributed by atoms with Crippen molar-refractivity contribution in [3.8, 4) is 5.69 Å². The minimum absolute atomic E-state index is 0.936. The Kier molecular flexibility index (Phi) is 2.90. The van der Waals surface area contributed by atoms with Crippen molar-refractivity contribution in [3.05, 3.63) is 66.7 Å². The standard InChI is InChI=1S/C19H16N6/c1-12-6-13-2-4-17(8-19(13)22-12)25-11-16(10-21-25)23-15-3-5-18-14(7-15)9-20-24-18/h2-11,22-23H,1H3,(H,20,24). The molecule has 0 amide bonds. The van der Waals surface area contributed by atoms with Gasteiger partial charge >= 0.3 is 0 Å². The molecule has 5 rings (SSSR count). The van der Waals surface area contributed by atoms with Gasteiger partial charge in [-0.05, 0) is 48.7 Å². The van der Waals surface area contributed by atoms with Crippen molar-refractivity contribution < 1.29 is 0 Å². The lowest BCUT2D eigenvalue weighted by atomic mass is 10.2. The molecule has 25 heavy (non-hydrogen) atoms. The topological polar surface area (TPSA) is 74.3 Å². The van der Waals surface area contributed by atoms with Crippen molar-refractivity contribution in [3.63, 3.8) is 0 Å². The fourth-order valence-corrected chi connectivity index (χ4v) is 3.12. The molecular formula is C19H16N6. The number of fused-ring (bicyclic) bond motifs is 2. The molecule has 0 aliphatic carbocycles. The summed E-state index contributed by atoms with van der Waals surface area (Å²) in [5, 5.41) is 17.1. The summed E-state index contributed by atoms with van der Waals surface area (Å²) in [5.41, 5.74) is 6.26. The number of aryl methyl sites for hydroxylation is 1. The Labute approximate surface area is 143 Å².